The maximum Gasteiger partial charge on any atom is 0.159 e. The van der Waals surface area contributed by atoms with E-state index in [1.807, 2.05) is 0 Å². The first-order valence-electron chi connectivity index (χ1n) is 28.7. The van der Waals surface area contributed by atoms with E-state index < -0.39 is 0 Å². The second kappa shape index (κ2) is 18.3. The molecule has 84 heavy (non-hydrogen) atoms. The fourth-order valence-electron chi connectivity index (χ4n) is 13.4. The molecule has 0 aliphatic heterocycles. The number of hydrogen-bond donors (Lipinski definition) is 0. The van der Waals surface area contributed by atoms with Crippen molar-refractivity contribution in [1.82, 2.24) is 0 Å². The SMILES string of the molecule is Cc1ccccc1N(c1ccc2cc3c(cc2c1)oc1c(C)c(C)c2oc4cc5cc(N(c6ccccc6C)c6cccc7c6oc6c(-c8ccccc8)cccc67)ccc5cc4c2c13)c1cccc2c1oc1c(-c3ccccc3)cccc12. The molecule has 0 spiro atoms. The van der Waals surface area contributed by atoms with Crippen LogP contribution in [0, 0.1) is 27.7 Å². The number of para-hydroxylation sites is 6. The predicted octanol–water partition coefficient (Wildman–Crippen LogP) is 23.1. The number of fused-ring (bicyclic) bond motifs is 15. The number of hydrogen-bond acceptors (Lipinski definition) is 6. The monoisotopic (exact) mass is 1080 g/mol. The summed E-state index contributed by atoms with van der Waals surface area (Å²) in [7, 11) is 0. The Hall–Kier alpha value is -10.8. The summed E-state index contributed by atoms with van der Waals surface area (Å²) in [4.78, 5) is 4.69. The molecular weight excluding hydrogens is 1030 g/mol. The molecule has 0 bridgehead atoms. The Morgan fingerprint density at radius 3 is 1.07 bits per heavy atom. The smallest absolute Gasteiger partial charge is 0.159 e. The van der Waals surface area contributed by atoms with Gasteiger partial charge in [0.1, 0.15) is 33.5 Å². The van der Waals surface area contributed by atoms with Crippen molar-refractivity contribution in [3.63, 3.8) is 0 Å². The van der Waals surface area contributed by atoms with Crippen LogP contribution in [-0.4, -0.2) is 0 Å². The summed E-state index contributed by atoms with van der Waals surface area (Å²) in [5, 5.41) is 12.9. The van der Waals surface area contributed by atoms with Crippen LogP contribution in [0.3, 0.4) is 0 Å². The Morgan fingerprint density at radius 2 is 0.643 bits per heavy atom. The lowest BCUT2D eigenvalue weighted by Gasteiger charge is -2.27. The van der Waals surface area contributed by atoms with Crippen LogP contribution in [0.15, 0.2) is 260 Å². The van der Waals surface area contributed by atoms with Crippen molar-refractivity contribution >= 4 is 143 Å². The van der Waals surface area contributed by atoms with Crippen LogP contribution in [0.4, 0.5) is 34.1 Å². The molecule has 0 aliphatic rings. The maximum absolute atomic E-state index is 7.04. The van der Waals surface area contributed by atoms with Gasteiger partial charge >= 0.3 is 0 Å². The van der Waals surface area contributed by atoms with Gasteiger partial charge in [-0.15, -0.1) is 0 Å². The minimum absolute atomic E-state index is 0.826. The minimum Gasteiger partial charge on any atom is -0.456 e. The molecule has 398 valence electrons. The number of aryl methyl sites for hydroxylation is 4. The zero-order valence-electron chi connectivity index (χ0n) is 46.6. The predicted molar refractivity (Wildman–Crippen MR) is 350 cm³/mol. The topological polar surface area (TPSA) is 59.0 Å². The molecular formula is C78H52N2O4. The summed E-state index contributed by atoms with van der Waals surface area (Å²) in [6.45, 7) is 8.65. The van der Waals surface area contributed by atoms with Crippen LogP contribution in [-0.2, 0) is 0 Å². The van der Waals surface area contributed by atoms with E-state index in [-0.39, 0.29) is 0 Å². The van der Waals surface area contributed by atoms with Crippen molar-refractivity contribution in [3.8, 4) is 22.3 Å². The van der Waals surface area contributed by atoms with Crippen LogP contribution >= 0.6 is 0 Å². The summed E-state index contributed by atoms with van der Waals surface area (Å²) in [6, 6.07) is 86.5. The number of furan rings is 4. The lowest BCUT2D eigenvalue weighted by molar-refractivity contribution is 0.657. The largest absolute Gasteiger partial charge is 0.456 e. The molecule has 0 atom stereocenters. The number of nitrogens with zero attached hydrogens (tertiary/aromatic N) is 2. The van der Waals surface area contributed by atoms with E-state index in [4.69, 9.17) is 17.7 Å². The molecule has 0 saturated heterocycles. The molecule has 0 saturated carbocycles. The van der Waals surface area contributed by atoms with Gasteiger partial charge in [-0.3, -0.25) is 0 Å². The average Bonchev–Trinajstić information content (AvgIpc) is 1.79. The molecule has 17 aromatic rings. The lowest BCUT2D eigenvalue weighted by atomic mass is 9.96. The fraction of sp³-hybridized carbons (Fsp3) is 0.0513. The number of anilines is 6. The first kappa shape index (κ1) is 47.9. The first-order chi connectivity index (χ1) is 41.3. The highest BCUT2D eigenvalue weighted by Gasteiger charge is 2.27. The summed E-state index contributed by atoms with van der Waals surface area (Å²) in [5.41, 5.74) is 21.7. The van der Waals surface area contributed by atoms with Gasteiger partial charge in [-0.1, -0.05) is 170 Å². The van der Waals surface area contributed by atoms with E-state index in [1.165, 1.54) is 0 Å². The summed E-state index contributed by atoms with van der Waals surface area (Å²) in [6.07, 6.45) is 0. The lowest BCUT2D eigenvalue weighted by Crippen LogP contribution is -2.11. The van der Waals surface area contributed by atoms with Gasteiger partial charge in [-0.05, 0) is 155 Å². The molecule has 6 nitrogen and oxygen atoms in total. The molecule has 6 heteroatoms. The molecule has 17 rings (SSSR count). The molecule has 13 aromatic carbocycles. The zero-order valence-corrected chi connectivity index (χ0v) is 46.6. The third kappa shape index (κ3) is 7.17. The van der Waals surface area contributed by atoms with Gasteiger partial charge in [0.15, 0.2) is 11.2 Å². The molecule has 0 aliphatic carbocycles. The Morgan fingerprint density at radius 1 is 0.262 bits per heavy atom. The highest BCUT2D eigenvalue weighted by molar-refractivity contribution is 6.29. The second-order valence-electron chi connectivity index (χ2n) is 22.5. The number of rotatable bonds is 8. The Bertz CT molecular complexity index is 5220. The van der Waals surface area contributed by atoms with Crippen molar-refractivity contribution in [2.75, 3.05) is 9.80 Å². The molecule has 0 amide bonds. The average molecular weight is 1080 g/mol. The van der Waals surface area contributed by atoms with Gasteiger partial charge in [-0.2, -0.15) is 0 Å². The van der Waals surface area contributed by atoms with E-state index in [9.17, 15) is 0 Å². The van der Waals surface area contributed by atoms with E-state index in [1.54, 1.807) is 0 Å². The standard InChI is InChI=1S/C78H52N2O4/c1-45-19-11-13-31-65(45)79(67-33-17-29-61-59-27-15-25-57(75(59)83-77(61)67)49-21-7-5-8-22-49)55-37-35-51-41-63-69(43-53(51)39-55)81-73-47(3)48(4)74-72(71(63)73)64-42-52-36-38-56(40-54(52)44-70(64)82-74)80(66-32-14-12-20-46(66)2)68-34-18-30-62-60-28-16-26-58(76(60)84-78(62)68)50-23-9-6-10-24-50/h5-44H,1-4H3. The van der Waals surface area contributed by atoms with Gasteiger partial charge in [0.2, 0.25) is 0 Å². The molecule has 0 fully saturated rings. The Labute approximate surface area is 483 Å². The summed E-state index contributed by atoms with van der Waals surface area (Å²) >= 11 is 0. The molecule has 0 radical (unpaired) electrons. The van der Waals surface area contributed by atoms with E-state index in [0.717, 1.165) is 188 Å². The Kier molecular flexibility index (Phi) is 10.5. The third-order valence-corrected chi connectivity index (χ3v) is 17.6. The van der Waals surface area contributed by atoms with E-state index in [0.29, 0.717) is 0 Å². The highest BCUT2D eigenvalue weighted by Crippen LogP contribution is 2.50. The zero-order chi connectivity index (χ0) is 55.9. The van der Waals surface area contributed by atoms with Gasteiger partial charge in [-0.25, -0.2) is 0 Å². The van der Waals surface area contributed by atoms with Gasteiger partial charge in [0, 0.05) is 77.0 Å². The van der Waals surface area contributed by atoms with Gasteiger partial charge < -0.3 is 27.5 Å². The van der Waals surface area contributed by atoms with Crippen LogP contribution in [0.5, 0.6) is 0 Å². The maximum atomic E-state index is 7.04. The van der Waals surface area contributed by atoms with E-state index in [2.05, 4.69) is 280 Å². The normalized spacial score (nSPS) is 12.0. The van der Waals surface area contributed by atoms with Crippen molar-refractivity contribution in [1.29, 1.82) is 0 Å². The van der Waals surface area contributed by atoms with E-state index >= 15 is 0 Å². The minimum atomic E-state index is 0.826. The second-order valence-corrected chi connectivity index (χ2v) is 22.5. The fourth-order valence-corrected chi connectivity index (χ4v) is 13.4. The molecule has 4 aromatic heterocycles. The van der Waals surface area contributed by atoms with Crippen LogP contribution in [0.25, 0.3) is 132 Å². The highest BCUT2D eigenvalue weighted by atomic mass is 16.3. The van der Waals surface area contributed by atoms with Gasteiger partial charge in [0.05, 0.1) is 11.4 Å². The summed E-state index contributed by atoms with van der Waals surface area (Å²) in [5.74, 6) is 0. The Balaban J connectivity index is 0.808. The van der Waals surface area contributed by atoms with Crippen LogP contribution in [0.2, 0.25) is 0 Å². The van der Waals surface area contributed by atoms with Crippen molar-refractivity contribution < 1.29 is 17.7 Å². The van der Waals surface area contributed by atoms with Crippen LogP contribution < -0.4 is 9.80 Å². The van der Waals surface area contributed by atoms with Crippen molar-refractivity contribution in [2.24, 2.45) is 0 Å². The number of benzene rings is 13. The molecule has 0 unspecified atom stereocenters. The first-order valence-corrected chi connectivity index (χ1v) is 28.7. The third-order valence-electron chi connectivity index (χ3n) is 17.6. The molecule has 0 N–H and O–H groups in total. The van der Waals surface area contributed by atoms with Crippen molar-refractivity contribution in [2.45, 2.75) is 27.7 Å². The quantitative estimate of drug-likeness (QED) is 0.151. The summed E-state index contributed by atoms with van der Waals surface area (Å²) < 4.78 is 28.2. The molecule has 4 heterocycles. The van der Waals surface area contributed by atoms with Gasteiger partial charge in [0.25, 0.3) is 0 Å². The van der Waals surface area contributed by atoms with Crippen molar-refractivity contribution in [3.05, 3.63) is 265 Å². The van der Waals surface area contributed by atoms with Crippen LogP contribution in [0.1, 0.15) is 22.3 Å².